The van der Waals surface area contributed by atoms with E-state index in [0.717, 1.165) is 0 Å². The fraction of sp³-hybridized carbons (Fsp3) is 0.700. The molecule has 7 heteroatoms. The number of nitrogens with one attached hydrogen (secondary N) is 2. The summed E-state index contributed by atoms with van der Waals surface area (Å²) in [4.78, 5) is 32.7. The number of hydrogen-bond acceptors (Lipinski definition) is 5. The van der Waals surface area contributed by atoms with E-state index in [9.17, 15) is 19.5 Å². The van der Waals surface area contributed by atoms with Crippen molar-refractivity contribution in [2.45, 2.75) is 32.6 Å². The monoisotopic (exact) mass is 245 g/mol. The zero-order valence-corrected chi connectivity index (χ0v) is 9.69. The Morgan fingerprint density at radius 1 is 1.35 bits per heavy atom. The highest BCUT2D eigenvalue weighted by Crippen LogP contribution is 2.11. The van der Waals surface area contributed by atoms with Gasteiger partial charge in [0.15, 0.2) is 0 Å². The van der Waals surface area contributed by atoms with E-state index < -0.39 is 23.7 Å². The number of amides is 2. The van der Waals surface area contributed by atoms with Crippen LogP contribution in [0.5, 0.6) is 0 Å². The van der Waals surface area contributed by atoms with E-state index in [-0.39, 0.29) is 19.4 Å². The lowest BCUT2D eigenvalue weighted by atomic mass is 9.98. The normalized spacial score (nSPS) is 11.6. The molecule has 0 fully saturated rings. The summed E-state index contributed by atoms with van der Waals surface area (Å²) in [5.74, 6) is -2.84. The summed E-state index contributed by atoms with van der Waals surface area (Å²) in [6.07, 6.45) is 0.806. The number of carboxylic acid groups (broad SMARTS) is 1. The Morgan fingerprint density at radius 3 is 2.47 bits per heavy atom. The minimum absolute atomic E-state index is 0.0257. The van der Waals surface area contributed by atoms with Gasteiger partial charge in [-0.3, -0.25) is 14.8 Å². The third-order valence-electron chi connectivity index (χ3n) is 2.19. The average Bonchev–Trinajstić information content (AvgIpc) is 2.27. The van der Waals surface area contributed by atoms with Crippen molar-refractivity contribution in [2.75, 3.05) is 6.54 Å². The van der Waals surface area contributed by atoms with Crippen molar-refractivity contribution in [1.29, 1.82) is 0 Å². The minimum Gasteiger partial charge on any atom is -0.550 e. The number of carboxylic acids is 1. The molecule has 3 N–H and O–H groups in total. The van der Waals surface area contributed by atoms with E-state index in [1.807, 2.05) is 6.92 Å². The van der Waals surface area contributed by atoms with Gasteiger partial charge in [0.25, 0.3) is 0 Å². The molecule has 0 saturated heterocycles. The molecule has 17 heavy (non-hydrogen) atoms. The number of carbonyl (C=O) groups is 3. The molecule has 0 saturated carbocycles. The Morgan fingerprint density at radius 2 is 2.00 bits per heavy atom. The lowest BCUT2D eigenvalue weighted by Gasteiger charge is -2.15. The number of hydroxylamine groups is 1. The fourth-order valence-electron chi connectivity index (χ4n) is 1.38. The zero-order valence-electron chi connectivity index (χ0n) is 9.69. The maximum absolute atomic E-state index is 11.6. The third kappa shape index (κ3) is 7.29. The van der Waals surface area contributed by atoms with Crippen LogP contribution in [0.2, 0.25) is 0 Å². The molecule has 0 aliphatic rings. The standard InChI is InChI=1S/C10H18N2O5/c1-2-3-7(6-8(13)12-17)10(16)11-5-4-9(14)15/h7,17H,2-6H2,1H3,(H,11,16)(H,12,13)(H,14,15)/p-1. The second kappa shape index (κ2) is 8.51. The number of aliphatic carboxylic acids is 1. The first kappa shape index (κ1) is 15.4. The molecule has 1 unspecified atom stereocenters. The Bertz CT molecular complexity index is 280. The smallest absolute Gasteiger partial charge is 0.244 e. The van der Waals surface area contributed by atoms with E-state index in [1.165, 1.54) is 5.48 Å². The van der Waals surface area contributed by atoms with Crippen LogP contribution in [0.4, 0.5) is 0 Å². The number of carbonyl (C=O) groups excluding carboxylic acids is 3. The molecule has 0 rings (SSSR count). The largest absolute Gasteiger partial charge is 0.550 e. The first-order valence-corrected chi connectivity index (χ1v) is 5.41. The molecule has 7 nitrogen and oxygen atoms in total. The van der Waals surface area contributed by atoms with Gasteiger partial charge in [0.1, 0.15) is 0 Å². The molecule has 0 spiro atoms. The molecule has 0 aliphatic heterocycles. The quantitative estimate of drug-likeness (QED) is 0.357. The summed E-state index contributed by atoms with van der Waals surface area (Å²) in [5, 5.41) is 20.9. The first-order chi connectivity index (χ1) is 8.01. The van der Waals surface area contributed by atoms with Crippen molar-refractivity contribution in [3.63, 3.8) is 0 Å². The van der Waals surface area contributed by atoms with Crippen LogP contribution in [0.15, 0.2) is 0 Å². The number of hydrogen-bond donors (Lipinski definition) is 3. The fourth-order valence-corrected chi connectivity index (χ4v) is 1.38. The Kier molecular flexibility index (Phi) is 7.70. The Balaban J connectivity index is 4.14. The van der Waals surface area contributed by atoms with Crippen molar-refractivity contribution in [2.24, 2.45) is 5.92 Å². The predicted octanol–water partition coefficient (Wildman–Crippen LogP) is -1.45. The van der Waals surface area contributed by atoms with Gasteiger partial charge in [-0.1, -0.05) is 13.3 Å². The Labute approximate surface area is 99.2 Å². The van der Waals surface area contributed by atoms with Gasteiger partial charge in [-0.05, 0) is 6.42 Å². The Hall–Kier alpha value is -1.63. The molecular weight excluding hydrogens is 228 g/mol. The minimum atomic E-state index is -1.24. The summed E-state index contributed by atoms with van der Waals surface area (Å²) < 4.78 is 0. The van der Waals surface area contributed by atoms with Crippen LogP contribution >= 0.6 is 0 Å². The molecule has 0 radical (unpaired) electrons. The molecule has 98 valence electrons. The van der Waals surface area contributed by atoms with Crippen molar-refractivity contribution in [1.82, 2.24) is 10.8 Å². The number of rotatable bonds is 8. The average molecular weight is 245 g/mol. The van der Waals surface area contributed by atoms with Gasteiger partial charge in [0.05, 0.1) is 0 Å². The van der Waals surface area contributed by atoms with E-state index in [4.69, 9.17) is 5.21 Å². The van der Waals surface area contributed by atoms with Crippen LogP contribution in [0.3, 0.4) is 0 Å². The van der Waals surface area contributed by atoms with Crippen LogP contribution in [0.1, 0.15) is 32.6 Å². The highest BCUT2D eigenvalue weighted by Gasteiger charge is 2.20. The van der Waals surface area contributed by atoms with Crippen molar-refractivity contribution in [3.05, 3.63) is 0 Å². The van der Waals surface area contributed by atoms with Gasteiger partial charge in [-0.15, -0.1) is 0 Å². The molecule has 2 amide bonds. The summed E-state index contributed by atoms with van der Waals surface area (Å²) in [6.45, 7) is 1.83. The molecular formula is C10H17N2O5-. The molecule has 0 heterocycles. The van der Waals surface area contributed by atoms with Crippen LogP contribution in [-0.4, -0.2) is 29.5 Å². The van der Waals surface area contributed by atoms with Gasteiger partial charge in [-0.25, -0.2) is 5.48 Å². The molecule has 1 atom stereocenters. The maximum atomic E-state index is 11.6. The van der Waals surface area contributed by atoms with Crippen molar-refractivity contribution >= 4 is 17.8 Å². The van der Waals surface area contributed by atoms with Crippen LogP contribution in [0.25, 0.3) is 0 Å². The summed E-state index contributed by atoms with van der Waals surface area (Å²) in [7, 11) is 0. The summed E-state index contributed by atoms with van der Waals surface area (Å²) in [5.41, 5.74) is 1.46. The highest BCUT2D eigenvalue weighted by atomic mass is 16.5. The topological polar surface area (TPSA) is 119 Å². The van der Waals surface area contributed by atoms with Gasteiger partial charge in [0, 0.05) is 31.3 Å². The van der Waals surface area contributed by atoms with E-state index in [1.54, 1.807) is 0 Å². The third-order valence-corrected chi connectivity index (χ3v) is 2.19. The van der Waals surface area contributed by atoms with Crippen molar-refractivity contribution < 1.29 is 24.7 Å². The van der Waals surface area contributed by atoms with Gasteiger partial charge in [0.2, 0.25) is 11.8 Å². The summed E-state index contributed by atoms with van der Waals surface area (Å²) in [6, 6.07) is 0. The first-order valence-electron chi connectivity index (χ1n) is 5.41. The van der Waals surface area contributed by atoms with Gasteiger partial charge >= 0.3 is 0 Å². The van der Waals surface area contributed by atoms with Crippen LogP contribution in [0, 0.1) is 5.92 Å². The van der Waals surface area contributed by atoms with Crippen LogP contribution in [-0.2, 0) is 14.4 Å². The molecule has 0 bridgehead atoms. The zero-order chi connectivity index (χ0) is 13.3. The lowest BCUT2D eigenvalue weighted by Crippen LogP contribution is -2.36. The molecule has 0 aromatic heterocycles. The van der Waals surface area contributed by atoms with Crippen molar-refractivity contribution in [3.8, 4) is 0 Å². The SMILES string of the molecule is CCCC(CC(=O)NO)C(=O)NCCC(=O)[O-]. The van der Waals surface area contributed by atoms with E-state index >= 15 is 0 Å². The lowest BCUT2D eigenvalue weighted by molar-refractivity contribution is -0.305. The van der Waals surface area contributed by atoms with Gasteiger partial charge < -0.3 is 15.2 Å². The maximum Gasteiger partial charge on any atom is 0.244 e. The predicted molar refractivity (Wildman–Crippen MR) is 55.6 cm³/mol. The highest BCUT2D eigenvalue weighted by molar-refractivity contribution is 5.85. The second-order valence-electron chi connectivity index (χ2n) is 3.64. The van der Waals surface area contributed by atoms with Gasteiger partial charge in [-0.2, -0.15) is 0 Å². The molecule has 0 aromatic rings. The summed E-state index contributed by atoms with van der Waals surface area (Å²) >= 11 is 0. The van der Waals surface area contributed by atoms with E-state index in [0.29, 0.717) is 12.8 Å². The second-order valence-corrected chi connectivity index (χ2v) is 3.64. The molecule has 0 aliphatic carbocycles. The van der Waals surface area contributed by atoms with E-state index in [2.05, 4.69) is 5.32 Å². The molecule has 0 aromatic carbocycles. The van der Waals surface area contributed by atoms with Crippen LogP contribution < -0.4 is 15.9 Å².